The fourth-order valence-corrected chi connectivity index (χ4v) is 23.5. The lowest BCUT2D eigenvalue weighted by molar-refractivity contribution is 0.267. The van der Waals surface area contributed by atoms with E-state index in [0.717, 1.165) is 23.9 Å². The summed E-state index contributed by atoms with van der Waals surface area (Å²) in [5.74, 6) is 2.70. The van der Waals surface area contributed by atoms with E-state index >= 15 is 0 Å². The van der Waals surface area contributed by atoms with Crippen LogP contribution in [0.4, 0.5) is 0 Å². The number of hydrogen-bond donors (Lipinski definition) is 0. The summed E-state index contributed by atoms with van der Waals surface area (Å²) >= 11 is 0. The highest BCUT2D eigenvalue weighted by Crippen LogP contribution is 2.52. The van der Waals surface area contributed by atoms with Crippen LogP contribution in [0.5, 0.6) is 0 Å². The Morgan fingerprint density at radius 3 is 1.40 bits per heavy atom. The average Bonchev–Trinajstić information content (AvgIpc) is 3.84. The van der Waals surface area contributed by atoms with Crippen LogP contribution in [0.25, 0.3) is 0 Å². The molecule has 236 valence electrons. The third-order valence-electron chi connectivity index (χ3n) is 11.5. The van der Waals surface area contributed by atoms with Crippen molar-refractivity contribution < 1.29 is 17.7 Å². The fraction of sp³-hybridized carbons (Fsp3) is 0.667. The van der Waals surface area contributed by atoms with E-state index in [0.29, 0.717) is 24.0 Å². The molecule has 43 heavy (non-hydrogen) atoms. The Hall–Kier alpha value is -1.07. The van der Waals surface area contributed by atoms with Crippen LogP contribution in [0.3, 0.4) is 0 Å². The smallest absolute Gasteiger partial charge is 0.386 e. The molecule has 2 aliphatic heterocycles. The molecule has 4 aliphatic rings. The summed E-state index contributed by atoms with van der Waals surface area (Å²) in [5, 5.41) is 2.50. The van der Waals surface area contributed by atoms with Crippen molar-refractivity contribution in [2.45, 2.75) is 128 Å². The highest BCUT2D eigenvalue weighted by molar-refractivity contribution is 7.02. The Labute approximate surface area is 264 Å². The Morgan fingerprint density at radius 2 is 1.05 bits per heavy atom. The zero-order chi connectivity index (χ0) is 30.7. The van der Waals surface area contributed by atoms with Gasteiger partial charge in [0.25, 0.3) is 0 Å². The van der Waals surface area contributed by atoms with Gasteiger partial charge < -0.3 is 17.7 Å². The monoisotopic (exact) mass is 636 g/mol. The lowest BCUT2D eigenvalue weighted by Gasteiger charge is -2.45. The summed E-state index contributed by atoms with van der Waals surface area (Å²) in [6.45, 7) is 19.4. The van der Waals surface area contributed by atoms with Gasteiger partial charge in [0, 0.05) is 0 Å². The SMILES string of the molecule is CC(C[Si](C)(C)O[Si](O[Si](C)(C)CC(C)C1CCC2(C)OC2C1)(c1ccccc1)c1ccccc1)C1CCC2(C)OC2C1. The highest BCUT2D eigenvalue weighted by Gasteiger charge is 2.58. The maximum absolute atomic E-state index is 7.76. The molecule has 2 heterocycles. The first-order valence-corrected chi connectivity index (χ1v) is 25.1. The predicted molar refractivity (Wildman–Crippen MR) is 184 cm³/mol. The second-order valence-corrected chi connectivity index (χ2v) is 28.2. The summed E-state index contributed by atoms with van der Waals surface area (Å²) in [6, 6.07) is 24.3. The first kappa shape index (κ1) is 31.9. The van der Waals surface area contributed by atoms with E-state index in [1.807, 2.05) is 0 Å². The standard InChI is InChI=1S/C36H56O4Si3/c1-27(29-19-21-35(3)33(23-29)37-35)25-41(5,6)39-43(31-15-11-9-12-16-31,32-17-13-10-14-18-32)40-42(7,8)26-28(2)30-20-22-36(4)34(24-30)38-36/h9-18,27-30,33-34H,19-26H2,1-8H3. The molecule has 0 bridgehead atoms. The third kappa shape index (κ3) is 6.88. The van der Waals surface area contributed by atoms with E-state index in [9.17, 15) is 0 Å². The quantitative estimate of drug-likeness (QED) is 0.176. The molecule has 2 saturated heterocycles. The number of fused-ring (bicyclic) bond motifs is 2. The van der Waals surface area contributed by atoms with Gasteiger partial charge in [-0.1, -0.05) is 74.5 Å². The van der Waals surface area contributed by atoms with E-state index in [1.165, 1.54) is 48.9 Å². The molecule has 0 amide bonds. The summed E-state index contributed by atoms with van der Waals surface area (Å²) in [4.78, 5) is 0. The van der Waals surface area contributed by atoms with E-state index in [4.69, 9.17) is 17.7 Å². The maximum atomic E-state index is 7.76. The van der Waals surface area contributed by atoms with Crippen molar-refractivity contribution >= 4 is 35.6 Å². The van der Waals surface area contributed by atoms with E-state index in [1.54, 1.807) is 0 Å². The number of rotatable bonds is 12. The van der Waals surface area contributed by atoms with Gasteiger partial charge in [-0.15, -0.1) is 0 Å². The molecule has 7 heteroatoms. The number of hydrogen-bond acceptors (Lipinski definition) is 4. The molecule has 0 radical (unpaired) electrons. The average molecular weight is 637 g/mol. The minimum Gasteiger partial charge on any atom is -0.430 e. The molecule has 2 aromatic rings. The van der Waals surface area contributed by atoms with Crippen LogP contribution in [0.15, 0.2) is 60.7 Å². The topological polar surface area (TPSA) is 43.5 Å². The highest BCUT2D eigenvalue weighted by atomic mass is 28.5. The summed E-state index contributed by atoms with van der Waals surface area (Å²) in [7, 11) is -7.33. The van der Waals surface area contributed by atoms with Crippen LogP contribution in [-0.2, 0) is 17.7 Å². The zero-order valence-electron chi connectivity index (χ0n) is 28.0. The molecule has 6 rings (SSSR count). The van der Waals surface area contributed by atoms with Crippen molar-refractivity contribution in [1.29, 1.82) is 0 Å². The van der Waals surface area contributed by atoms with Crippen molar-refractivity contribution in [3.63, 3.8) is 0 Å². The van der Waals surface area contributed by atoms with Gasteiger partial charge in [0.2, 0.25) is 0 Å². The Kier molecular flexibility index (Phi) is 8.62. The van der Waals surface area contributed by atoms with Gasteiger partial charge in [0.1, 0.15) is 0 Å². The molecular formula is C36H56O4Si3. The molecule has 8 atom stereocenters. The van der Waals surface area contributed by atoms with Gasteiger partial charge in [-0.25, -0.2) is 0 Å². The molecule has 8 unspecified atom stereocenters. The number of epoxide rings is 2. The minimum absolute atomic E-state index is 0.173. The van der Waals surface area contributed by atoms with Crippen molar-refractivity contribution in [2.24, 2.45) is 23.7 Å². The number of benzene rings is 2. The van der Waals surface area contributed by atoms with Gasteiger partial charge >= 0.3 is 8.56 Å². The zero-order valence-corrected chi connectivity index (χ0v) is 31.0. The molecule has 2 aliphatic carbocycles. The maximum Gasteiger partial charge on any atom is 0.386 e. The van der Waals surface area contributed by atoms with Crippen LogP contribution < -0.4 is 10.4 Å². The van der Waals surface area contributed by atoms with Gasteiger partial charge in [-0.05, 0) is 125 Å². The summed E-state index contributed by atoms with van der Waals surface area (Å²) < 4.78 is 27.7. The lowest BCUT2D eigenvalue weighted by atomic mass is 9.77. The largest absolute Gasteiger partial charge is 0.430 e. The number of ether oxygens (including phenoxy) is 2. The van der Waals surface area contributed by atoms with Crippen molar-refractivity contribution in [3.05, 3.63) is 60.7 Å². The fourth-order valence-electron chi connectivity index (χ4n) is 8.86. The van der Waals surface area contributed by atoms with Gasteiger partial charge in [0.15, 0.2) is 16.6 Å². The first-order chi connectivity index (χ1) is 20.2. The normalized spacial score (nSPS) is 33.7. The van der Waals surface area contributed by atoms with Crippen molar-refractivity contribution in [2.75, 3.05) is 0 Å². The lowest BCUT2D eigenvalue weighted by Crippen LogP contribution is -2.70. The third-order valence-corrected chi connectivity index (χ3v) is 23.7. The van der Waals surface area contributed by atoms with E-state index in [-0.39, 0.29) is 11.2 Å². The van der Waals surface area contributed by atoms with Crippen LogP contribution in [0.2, 0.25) is 38.3 Å². The minimum atomic E-state index is -3.01. The van der Waals surface area contributed by atoms with Crippen LogP contribution >= 0.6 is 0 Å². The molecule has 0 N–H and O–H groups in total. The summed E-state index contributed by atoms with van der Waals surface area (Å²) in [5.41, 5.74) is 0.346. The van der Waals surface area contributed by atoms with Gasteiger partial charge in [-0.3, -0.25) is 0 Å². The predicted octanol–water partition coefficient (Wildman–Crippen LogP) is 7.87. The molecule has 2 saturated carbocycles. The van der Waals surface area contributed by atoms with Crippen LogP contribution in [-0.4, -0.2) is 48.6 Å². The Balaban J connectivity index is 1.26. The van der Waals surface area contributed by atoms with Crippen molar-refractivity contribution in [1.82, 2.24) is 0 Å². The van der Waals surface area contributed by atoms with Crippen molar-refractivity contribution in [3.8, 4) is 0 Å². The van der Waals surface area contributed by atoms with Gasteiger partial charge in [-0.2, -0.15) is 0 Å². The van der Waals surface area contributed by atoms with Crippen LogP contribution in [0, 0.1) is 23.7 Å². The Bertz CT molecular complexity index is 1160. The first-order valence-electron chi connectivity index (χ1n) is 17.1. The van der Waals surface area contributed by atoms with E-state index in [2.05, 4.69) is 115 Å². The van der Waals surface area contributed by atoms with Crippen LogP contribution in [0.1, 0.15) is 66.2 Å². The van der Waals surface area contributed by atoms with E-state index < -0.39 is 25.2 Å². The molecular weight excluding hydrogens is 581 g/mol. The summed E-state index contributed by atoms with van der Waals surface area (Å²) in [6.07, 6.45) is 8.34. The molecule has 4 nitrogen and oxygen atoms in total. The molecule has 0 spiro atoms. The Morgan fingerprint density at radius 1 is 0.674 bits per heavy atom. The second-order valence-electron chi connectivity index (χ2n) is 16.3. The van der Waals surface area contributed by atoms with Gasteiger partial charge in [0.05, 0.1) is 23.4 Å². The molecule has 4 fully saturated rings. The second kappa shape index (κ2) is 11.6. The molecule has 2 aromatic carbocycles. The molecule has 0 aromatic heterocycles.